The van der Waals surface area contributed by atoms with Gasteiger partial charge in [0.1, 0.15) is 12.7 Å². The van der Waals surface area contributed by atoms with Crippen molar-refractivity contribution in [3.05, 3.63) is 85.5 Å². The van der Waals surface area contributed by atoms with Crippen LogP contribution in [-0.4, -0.2) is 70.0 Å². The highest BCUT2D eigenvalue weighted by molar-refractivity contribution is 7.85. The summed E-state index contributed by atoms with van der Waals surface area (Å²) in [6.07, 6.45) is 13.6. The standard InChI is InChI=1S/C34H46N10.CH4O4S/c1-40-20-17-32(18-21-40)37-36-31-13-15-33(16-14-31)43-24-27-44(4,28-25-43)26-8-6-5-7-19-35-29-9-11-30(12-10-29)38-39-34-41(2)22-23-42(34)3;1-6(3,4)5-2/h9-18,20-23H,5-8,19,24-28H2,1-4H3;2H,1H3/q+2;. The third kappa shape index (κ3) is 12.7. The van der Waals surface area contributed by atoms with E-state index >= 15 is 0 Å². The predicted octanol–water partition coefficient (Wildman–Crippen LogP) is 4.68. The molecule has 3 heterocycles. The second-order valence-electron chi connectivity index (χ2n) is 12.9. The van der Waals surface area contributed by atoms with Crippen LogP contribution in [0.15, 0.2) is 106 Å². The SMILES string of the molecule is CS(=O)(=O)O[O-].Cn1cc[n+](C)c1N=Nc1ccc(NCCCCCC[N+]2(C)CCN(c3ccc(N=Nc4cc[n+](C)cc4)cc3)CC2)cc1. The minimum absolute atomic E-state index is 0.681. The third-order valence-corrected chi connectivity index (χ3v) is 8.87. The first kappa shape index (κ1) is 38.2. The molecule has 2 aromatic heterocycles. The molecule has 1 fully saturated rings. The van der Waals surface area contributed by atoms with Crippen LogP contribution in [0, 0.1) is 0 Å². The van der Waals surface area contributed by atoms with Gasteiger partial charge < -0.3 is 24.3 Å². The van der Waals surface area contributed by atoms with Crippen molar-refractivity contribution in [1.29, 1.82) is 0 Å². The number of aromatic nitrogens is 3. The normalized spacial score (nSPS) is 14.6. The molecule has 14 nitrogen and oxygen atoms in total. The van der Waals surface area contributed by atoms with Crippen LogP contribution in [0.2, 0.25) is 0 Å². The monoisotopic (exact) mass is 706 g/mol. The summed E-state index contributed by atoms with van der Waals surface area (Å²) in [6, 6.07) is 20.6. The van der Waals surface area contributed by atoms with Gasteiger partial charge in [0.15, 0.2) is 12.4 Å². The van der Waals surface area contributed by atoms with Crippen molar-refractivity contribution in [3.63, 3.8) is 0 Å². The van der Waals surface area contributed by atoms with E-state index in [4.69, 9.17) is 5.26 Å². The zero-order valence-corrected chi connectivity index (χ0v) is 30.5. The van der Waals surface area contributed by atoms with E-state index in [1.54, 1.807) is 0 Å². The number of nitrogens with zero attached hydrogens (tertiary/aromatic N) is 9. The summed E-state index contributed by atoms with van der Waals surface area (Å²) >= 11 is 0. The highest BCUT2D eigenvalue weighted by Gasteiger charge is 2.28. The Bertz CT molecular complexity index is 1770. The van der Waals surface area contributed by atoms with Gasteiger partial charge in [-0.05, 0) is 67.8 Å². The average molecular weight is 707 g/mol. The van der Waals surface area contributed by atoms with Crippen molar-refractivity contribution in [2.45, 2.75) is 25.7 Å². The Morgan fingerprint density at radius 2 is 1.36 bits per heavy atom. The van der Waals surface area contributed by atoms with Crippen molar-refractivity contribution in [2.75, 3.05) is 62.8 Å². The van der Waals surface area contributed by atoms with E-state index in [2.05, 4.69) is 78.5 Å². The average Bonchev–Trinajstić information content (AvgIpc) is 3.43. The van der Waals surface area contributed by atoms with Crippen LogP contribution < -0.4 is 24.6 Å². The number of imidazole rings is 1. The zero-order chi connectivity index (χ0) is 36.0. The summed E-state index contributed by atoms with van der Waals surface area (Å²) in [4.78, 5) is 2.50. The first-order valence-electron chi connectivity index (χ1n) is 16.8. The highest BCUT2D eigenvalue weighted by atomic mass is 32.2. The Balaban J connectivity index is 0.000000860. The summed E-state index contributed by atoms with van der Waals surface area (Å²) in [5.41, 5.74) is 4.99. The first-order chi connectivity index (χ1) is 23.9. The fraction of sp³-hybridized carbons (Fsp3) is 0.429. The van der Waals surface area contributed by atoms with E-state index in [0.29, 0.717) is 6.26 Å². The van der Waals surface area contributed by atoms with Crippen LogP contribution in [-0.2, 0) is 35.6 Å². The van der Waals surface area contributed by atoms with Gasteiger partial charge in [-0.2, -0.15) is 10.2 Å². The van der Waals surface area contributed by atoms with E-state index in [9.17, 15) is 8.42 Å². The molecule has 0 atom stereocenters. The van der Waals surface area contributed by atoms with Gasteiger partial charge in [-0.1, -0.05) is 11.5 Å². The number of aryl methyl sites for hydroxylation is 3. The number of quaternary nitrogens is 1. The summed E-state index contributed by atoms with van der Waals surface area (Å²) in [6.45, 7) is 6.81. The molecule has 1 aliphatic heterocycles. The number of unbranched alkanes of at least 4 members (excludes halogenated alkanes) is 3. The number of nitrogens with one attached hydrogen (secondary N) is 1. The maximum absolute atomic E-state index is 9.47. The molecule has 1 saturated heterocycles. The van der Waals surface area contributed by atoms with Gasteiger partial charge in [0.05, 0.1) is 83.9 Å². The minimum Gasteiger partial charge on any atom is -0.707 e. The Hall–Kier alpha value is -4.57. The zero-order valence-electron chi connectivity index (χ0n) is 29.7. The highest BCUT2D eigenvalue weighted by Crippen LogP contribution is 2.24. The fourth-order valence-corrected chi connectivity index (χ4v) is 5.51. The number of pyridine rings is 1. The maximum Gasteiger partial charge on any atom is 0.421 e. The summed E-state index contributed by atoms with van der Waals surface area (Å²) < 4.78 is 28.6. The molecule has 268 valence electrons. The Labute approximate surface area is 295 Å². The summed E-state index contributed by atoms with van der Waals surface area (Å²) in [7, 11) is 4.63. The second kappa shape index (κ2) is 18.4. The summed E-state index contributed by atoms with van der Waals surface area (Å²) in [5.74, 6) is 0.810. The van der Waals surface area contributed by atoms with Crippen LogP contribution in [0.5, 0.6) is 0 Å². The molecule has 4 aromatic rings. The van der Waals surface area contributed by atoms with Gasteiger partial charge in [-0.25, -0.2) is 22.1 Å². The molecule has 0 spiro atoms. The van der Waals surface area contributed by atoms with Gasteiger partial charge in [-0.3, -0.25) is 0 Å². The van der Waals surface area contributed by atoms with E-state index in [1.807, 2.05) is 83.9 Å². The predicted molar refractivity (Wildman–Crippen MR) is 191 cm³/mol. The molecule has 0 radical (unpaired) electrons. The third-order valence-electron chi connectivity index (χ3n) is 8.62. The molecule has 0 bridgehead atoms. The van der Waals surface area contributed by atoms with Crippen molar-refractivity contribution in [2.24, 2.45) is 41.6 Å². The number of hydrogen-bond acceptors (Lipinski definition) is 10. The largest absolute Gasteiger partial charge is 0.707 e. The number of piperazine rings is 1. The van der Waals surface area contributed by atoms with E-state index in [0.717, 1.165) is 48.3 Å². The number of hydrogen-bond donors (Lipinski definition) is 1. The molecule has 5 rings (SSSR count). The molecule has 2 aromatic carbocycles. The number of azo groups is 2. The van der Waals surface area contributed by atoms with Gasteiger partial charge in [0.2, 0.25) is 0 Å². The molecule has 1 aliphatic rings. The van der Waals surface area contributed by atoms with Gasteiger partial charge in [-0.15, -0.1) is 0 Å². The molecule has 0 amide bonds. The fourth-order valence-electron chi connectivity index (χ4n) is 5.51. The van der Waals surface area contributed by atoms with Crippen molar-refractivity contribution >= 4 is 44.5 Å². The molecule has 1 N–H and O–H groups in total. The Morgan fingerprint density at radius 3 is 1.92 bits per heavy atom. The van der Waals surface area contributed by atoms with E-state index in [1.165, 1.54) is 55.5 Å². The molecule has 15 heteroatoms. The number of rotatable bonds is 14. The lowest BCUT2D eigenvalue weighted by Crippen LogP contribution is -2.57. The van der Waals surface area contributed by atoms with Gasteiger partial charge in [0.25, 0.3) is 10.1 Å². The van der Waals surface area contributed by atoms with Gasteiger partial charge in [0, 0.05) is 35.2 Å². The van der Waals surface area contributed by atoms with Crippen LogP contribution in [0.3, 0.4) is 0 Å². The van der Waals surface area contributed by atoms with E-state index < -0.39 is 10.1 Å². The van der Waals surface area contributed by atoms with Crippen LogP contribution in [0.1, 0.15) is 25.7 Å². The quantitative estimate of drug-likeness (QED) is 0.0504. The number of likely N-dealkylation sites (N-methyl/N-ethyl adjacent to an activating group) is 1. The molecular weight excluding hydrogens is 657 g/mol. The van der Waals surface area contributed by atoms with Crippen molar-refractivity contribution < 1.29 is 31.6 Å². The van der Waals surface area contributed by atoms with E-state index in [-0.39, 0.29) is 0 Å². The van der Waals surface area contributed by atoms with Crippen molar-refractivity contribution in [3.8, 4) is 0 Å². The van der Waals surface area contributed by atoms with Crippen LogP contribution in [0.4, 0.5) is 34.4 Å². The smallest absolute Gasteiger partial charge is 0.421 e. The van der Waals surface area contributed by atoms with Crippen LogP contribution in [0.25, 0.3) is 0 Å². The van der Waals surface area contributed by atoms with Gasteiger partial charge >= 0.3 is 5.95 Å². The molecule has 50 heavy (non-hydrogen) atoms. The van der Waals surface area contributed by atoms with Crippen molar-refractivity contribution in [1.82, 2.24) is 4.57 Å². The molecular formula is C35H50N10O4S+2. The summed E-state index contributed by atoms with van der Waals surface area (Å²) in [5, 5.41) is 29.9. The minimum atomic E-state index is -3.72. The first-order valence-corrected chi connectivity index (χ1v) is 18.6. The lowest BCUT2D eigenvalue weighted by Gasteiger charge is -2.43. The lowest BCUT2D eigenvalue weighted by molar-refractivity contribution is -0.910. The Morgan fingerprint density at radius 1 is 0.820 bits per heavy atom. The molecule has 0 unspecified atom stereocenters. The molecule has 0 saturated carbocycles. The Kier molecular flexibility index (Phi) is 14.1. The maximum atomic E-state index is 9.47. The number of anilines is 2. The number of benzene rings is 2. The molecule has 0 aliphatic carbocycles. The lowest BCUT2D eigenvalue weighted by atomic mass is 10.1. The topological polar surface area (TPSA) is 144 Å². The second-order valence-corrected chi connectivity index (χ2v) is 14.4. The van der Waals surface area contributed by atoms with Crippen LogP contribution >= 0.6 is 0 Å².